The molecule has 1 atom stereocenters. The van der Waals surface area contributed by atoms with Crippen LogP contribution in [-0.4, -0.2) is 25.0 Å². The molecule has 16 heavy (non-hydrogen) atoms. The fourth-order valence-corrected chi connectivity index (χ4v) is 3.60. The van der Waals surface area contributed by atoms with E-state index < -0.39 is 0 Å². The van der Waals surface area contributed by atoms with E-state index in [1.165, 1.54) is 14.2 Å². The average Bonchev–Trinajstić information content (AvgIpc) is 2.46. The molecule has 0 radical (unpaired) electrons. The number of nitrogens with zero attached hydrogens (tertiary/aromatic N) is 1. The van der Waals surface area contributed by atoms with E-state index in [0.717, 1.165) is 6.54 Å². The van der Waals surface area contributed by atoms with Crippen LogP contribution in [0.4, 0.5) is 0 Å². The highest BCUT2D eigenvalue weighted by molar-refractivity contribution is 9.10. The first-order valence-corrected chi connectivity index (χ1v) is 7.22. The maximum absolute atomic E-state index is 5.89. The van der Waals surface area contributed by atoms with Gasteiger partial charge in [-0.25, -0.2) is 0 Å². The fraction of sp³-hybridized carbons (Fsp3) is 0.667. The van der Waals surface area contributed by atoms with Gasteiger partial charge in [0.1, 0.15) is 0 Å². The molecule has 0 aliphatic heterocycles. The number of nitrogens with two attached hydrogens (primary N) is 1. The standard InChI is InChI=1S/C12H21BrN2S/c1-8(2)7-15(4)11(6-14)12-5-10(13)9(3)16-12/h5,8,11H,6-7,14H2,1-4H3. The molecule has 0 aliphatic rings. The van der Waals surface area contributed by atoms with Crippen molar-refractivity contribution in [2.75, 3.05) is 20.1 Å². The SMILES string of the molecule is Cc1sc(C(CN)N(C)CC(C)C)cc1Br. The van der Waals surface area contributed by atoms with Gasteiger partial charge in [0.2, 0.25) is 0 Å². The first-order chi connectivity index (χ1) is 7.45. The predicted octanol–water partition coefficient (Wildman–Crippen LogP) is 3.41. The Hall–Kier alpha value is 0.100. The smallest absolute Gasteiger partial charge is 0.0562 e. The van der Waals surface area contributed by atoms with Crippen molar-refractivity contribution in [2.24, 2.45) is 11.7 Å². The molecule has 2 N–H and O–H groups in total. The lowest BCUT2D eigenvalue weighted by atomic mass is 10.1. The highest BCUT2D eigenvalue weighted by atomic mass is 79.9. The Bertz CT molecular complexity index is 316. The van der Waals surface area contributed by atoms with Gasteiger partial charge in [-0.1, -0.05) is 13.8 Å². The third-order valence-corrected chi connectivity index (χ3v) is 4.85. The first-order valence-electron chi connectivity index (χ1n) is 5.61. The summed E-state index contributed by atoms with van der Waals surface area (Å²) in [5.74, 6) is 0.670. The molecular weight excluding hydrogens is 284 g/mol. The zero-order valence-electron chi connectivity index (χ0n) is 10.5. The minimum Gasteiger partial charge on any atom is -0.329 e. The molecule has 0 aromatic carbocycles. The van der Waals surface area contributed by atoms with E-state index in [2.05, 4.69) is 54.7 Å². The van der Waals surface area contributed by atoms with Crippen molar-refractivity contribution in [2.45, 2.75) is 26.8 Å². The third-order valence-electron chi connectivity index (χ3n) is 2.61. The van der Waals surface area contributed by atoms with Gasteiger partial charge in [0.25, 0.3) is 0 Å². The van der Waals surface area contributed by atoms with Gasteiger partial charge in [0.05, 0.1) is 6.04 Å². The normalized spacial score (nSPS) is 13.8. The van der Waals surface area contributed by atoms with Crippen LogP contribution in [0.25, 0.3) is 0 Å². The van der Waals surface area contributed by atoms with E-state index in [1.54, 1.807) is 0 Å². The van der Waals surface area contributed by atoms with Crippen LogP contribution in [0.2, 0.25) is 0 Å². The van der Waals surface area contributed by atoms with E-state index in [0.29, 0.717) is 18.5 Å². The van der Waals surface area contributed by atoms with Crippen molar-refractivity contribution in [3.05, 3.63) is 20.3 Å². The van der Waals surface area contributed by atoms with Gasteiger partial charge in [-0.15, -0.1) is 11.3 Å². The molecular formula is C12H21BrN2S. The molecule has 0 aliphatic carbocycles. The van der Waals surface area contributed by atoms with Crippen molar-refractivity contribution < 1.29 is 0 Å². The van der Waals surface area contributed by atoms with Crippen molar-refractivity contribution in [3.8, 4) is 0 Å². The third kappa shape index (κ3) is 3.55. The molecule has 0 fully saturated rings. The summed E-state index contributed by atoms with van der Waals surface area (Å²) in [6, 6.07) is 2.55. The number of rotatable bonds is 5. The molecule has 1 heterocycles. The second-order valence-corrected chi connectivity index (χ2v) is 6.78. The molecule has 0 spiro atoms. The Balaban J connectivity index is 2.81. The van der Waals surface area contributed by atoms with Gasteiger partial charge in [-0.05, 0) is 41.9 Å². The Morgan fingerprint density at radius 1 is 1.50 bits per heavy atom. The predicted molar refractivity (Wildman–Crippen MR) is 76.0 cm³/mol. The fourth-order valence-electron chi connectivity index (χ4n) is 1.86. The molecule has 0 saturated carbocycles. The number of halogens is 1. The molecule has 1 aromatic rings. The number of hydrogen-bond donors (Lipinski definition) is 1. The lowest BCUT2D eigenvalue weighted by Gasteiger charge is -2.27. The van der Waals surface area contributed by atoms with E-state index in [-0.39, 0.29) is 0 Å². The molecule has 0 saturated heterocycles. The Morgan fingerprint density at radius 3 is 2.50 bits per heavy atom. The summed E-state index contributed by atoms with van der Waals surface area (Å²) in [6.45, 7) is 8.36. The second kappa shape index (κ2) is 6.15. The van der Waals surface area contributed by atoms with Gasteiger partial charge in [0, 0.05) is 27.3 Å². The monoisotopic (exact) mass is 304 g/mol. The molecule has 4 heteroatoms. The lowest BCUT2D eigenvalue weighted by Crippen LogP contribution is -2.32. The number of hydrogen-bond acceptors (Lipinski definition) is 3. The van der Waals surface area contributed by atoms with Crippen LogP contribution in [0.1, 0.15) is 29.6 Å². The number of likely N-dealkylation sites (N-methyl/N-ethyl adjacent to an activating group) is 1. The zero-order chi connectivity index (χ0) is 12.3. The summed E-state index contributed by atoms with van der Waals surface area (Å²) in [7, 11) is 2.15. The minimum atomic E-state index is 0.345. The number of aryl methyl sites for hydroxylation is 1. The Labute approximate surface area is 111 Å². The van der Waals surface area contributed by atoms with E-state index in [4.69, 9.17) is 5.73 Å². The van der Waals surface area contributed by atoms with Crippen molar-refractivity contribution in [1.29, 1.82) is 0 Å². The molecule has 0 bridgehead atoms. The van der Waals surface area contributed by atoms with Crippen LogP contribution in [0.3, 0.4) is 0 Å². The highest BCUT2D eigenvalue weighted by Gasteiger charge is 2.19. The lowest BCUT2D eigenvalue weighted by molar-refractivity contribution is 0.226. The molecule has 1 rings (SSSR count). The topological polar surface area (TPSA) is 29.3 Å². The Morgan fingerprint density at radius 2 is 2.12 bits per heavy atom. The summed E-state index contributed by atoms with van der Waals surface area (Å²) in [5.41, 5.74) is 5.89. The summed E-state index contributed by atoms with van der Waals surface area (Å²) in [6.07, 6.45) is 0. The van der Waals surface area contributed by atoms with Crippen LogP contribution >= 0.6 is 27.3 Å². The van der Waals surface area contributed by atoms with Crippen molar-refractivity contribution >= 4 is 27.3 Å². The van der Waals surface area contributed by atoms with Gasteiger partial charge >= 0.3 is 0 Å². The van der Waals surface area contributed by atoms with E-state index in [1.807, 2.05) is 11.3 Å². The van der Waals surface area contributed by atoms with E-state index >= 15 is 0 Å². The average molecular weight is 305 g/mol. The van der Waals surface area contributed by atoms with Gasteiger partial charge < -0.3 is 5.73 Å². The zero-order valence-corrected chi connectivity index (χ0v) is 12.9. The molecule has 92 valence electrons. The molecule has 2 nitrogen and oxygen atoms in total. The van der Waals surface area contributed by atoms with Crippen molar-refractivity contribution in [3.63, 3.8) is 0 Å². The van der Waals surface area contributed by atoms with Crippen LogP contribution < -0.4 is 5.73 Å². The van der Waals surface area contributed by atoms with Gasteiger partial charge in [-0.2, -0.15) is 0 Å². The van der Waals surface area contributed by atoms with Gasteiger partial charge in [0.15, 0.2) is 0 Å². The van der Waals surface area contributed by atoms with E-state index in [9.17, 15) is 0 Å². The quantitative estimate of drug-likeness (QED) is 0.903. The largest absolute Gasteiger partial charge is 0.329 e. The summed E-state index contributed by atoms with van der Waals surface area (Å²) < 4.78 is 1.20. The second-order valence-electron chi connectivity index (χ2n) is 4.64. The summed E-state index contributed by atoms with van der Waals surface area (Å²) in [5, 5.41) is 0. The molecule has 0 amide bonds. The van der Waals surface area contributed by atoms with Crippen molar-refractivity contribution in [1.82, 2.24) is 4.90 Å². The Kier molecular flexibility index (Phi) is 5.44. The van der Waals surface area contributed by atoms with Crippen LogP contribution in [-0.2, 0) is 0 Å². The maximum Gasteiger partial charge on any atom is 0.0562 e. The van der Waals surface area contributed by atoms with Gasteiger partial charge in [-0.3, -0.25) is 4.90 Å². The summed E-state index contributed by atoms with van der Waals surface area (Å²) >= 11 is 5.40. The van der Waals surface area contributed by atoms with Crippen LogP contribution in [0, 0.1) is 12.8 Å². The first kappa shape index (κ1) is 14.2. The minimum absolute atomic E-state index is 0.345. The maximum atomic E-state index is 5.89. The van der Waals surface area contributed by atoms with Crippen LogP contribution in [0.5, 0.6) is 0 Å². The number of thiophene rings is 1. The summed E-state index contributed by atoms with van der Waals surface area (Å²) in [4.78, 5) is 5.03. The van der Waals surface area contributed by atoms with Crippen LogP contribution in [0.15, 0.2) is 10.5 Å². The molecule has 1 unspecified atom stereocenters. The highest BCUT2D eigenvalue weighted by Crippen LogP contribution is 2.32. The molecule has 1 aromatic heterocycles.